The standard InChI is InChI=1S/C12H7ClF3NO2S/c13-10-2-1-3-11(12(10)16)17-20(18,19)9-5-7(14)4-8(15)6-9/h1-6,17H. The zero-order valence-electron chi connectivity index (χ0n) is 9.70. The summed E-state index contributed by atoms with van der Waals surface area (Å²) < 4.78 is 65.3. The Kier molecular flexibility index (Phi) is 3.92. The van der Waals surface area contributed by atoms with Crippen LogP contribution >= 0.6 is 11.6 Å². The molecular weight excluding hydrogens is 315 g/mol. The van der Waals surface area contributed by atoms with Gasteiger partial charge in [0.05, 0.1) is 15.6 Å². The quantitative estimate of drug-likeness (QED) is 0.939. The van der Waals surface area contributed by atoms with E-state index < -0.39 is 38.1 Å². The van der Waals surface area contributed by atoms with Crippen molar-refractivity contribution in [1.29, 1.82) is 0 Å². The number of hydrogen-bond donors (Lipinski definition) is 1. The molecule has 0 aromatic heterocycles. The number of rotatable bonds is 3. The van der Waals surface area contributed by atoms with Crippen LogP contribution in [-0.2, 0) is 10.0 Å². The summed E-state index contributed by atoms with van der Waals surface area (Å²) in [5.41, 5.74) is -0.415. The van der Waals surface area contributed by atoms with Gasteiger partial charge in [0.1, 0.15) is 11.6 Å². The molecule has 0 radical (unpaired) electrons. The van der Waals surface area contributed by atoms with Crippen LogP contribution in [0.15, 0.2) is 41.3 Å². The van der Waals surface area contributed by atoms with E-state index in [0.29, 0.717) is 18.2 Å². The first kappa shape index (κ1) is 14.7. The molecule has 0 heterocycles. The molecule has 2 rings (SSSR count). The van der Waals surface area contributed by atoms with E-state index in [-0.39, 0.29) is 5.02 Å². The molecule has 2 aromatic rings. The molecule has 0 bridgehead atoms. The number of hydrogen-bond acceptors (Lipinski definition) is 2. The molecule has 0 atom stereocenters. The van der Waals surface area contributed by atoms with Gasteiger partial charge in [0.2, 0.25) is 0 Å². The number of nitrogens with one attached hydrogen (secondary N) is 1. The summed E-state index contributed by atoms with van der Waals surface area (Å²) >= 11 is 5.51. The highest BCUT2D eigenvalue weighted by Crippen LogP contribution is 2.25. The van der Waals surface area contributed by atoms with Crippen molar-refractivity contribution in [2.75, 3.05) is 4.72 Å². The van der Waals surface area contributed by atoms with Crippen LogP contribution in [0.4, 0.5) is 18.9 Å². The van der Waals surface area contributed by atoms with Crippen molar-refractivity contribution in [3.05, 3.63) is 58.9 Å². The van der Waals surface area contributed by atoms with E-state index in [0.717, 1.165) is 6.07 Å². The van der Waals surface area contributed by atoms with E-state index in [2.05, 4.69) is 0 Å². The zero-order valence-corrected chi connectivity index (χ0v) is 11.3. The normalized spacial score (nSPS) is 11.4. The fourth-order valence-electron chi connectivity index (χ4n) is 1.47. The van der Waals surface area contributed by atoms with Crippen LogP contribution in [0.1, 0.15) is 0 Å². The van der Waals surface area contributed by atoms with Gasteiger partial charge in [0.25, 0.3) is 10.0 Å². The Morgan fingerprint density at radius 3 is 2.20 bits per heavy atom. The third-order valence-corrected chi connectivity index (χ3v) is 3.98. The second-order valence-corrected chi connectivity index (χ2v) is 5.90. The van der Waals surface area contributed by atoms with Gasteiger partial charge in [-0.1, -0.05) is 17.7 Å². The molecule has 2 aromatic carbocycles. The van der Waals surface area contributed by atoms with Gasteiger partial charge in [-0.3, -0.25) is 4.72 Å². The highest BCUT2D eigenvalue weighted by molar-refractivity contribution is 7.92. The third kappa shape index (κ3) is 3.05. The van der Waals surface area contributed by atoms with Gasteiger partial charge in [0, 0.05) is 6.07 Å². The summed E-state index contributed by atoms with van der Waals surface area (Å²) in [7, 11) is -4.33. The van der Waals surface area contributed by atoms with Crippen LogP contribution in [0, 0.1) is 17.5 Å². The molecule has 20 heavy (non-hydrogen) atoms. The summed E-state index contributed by atoms with van der Waals surface area (Å²) in [5.74, 6) is -3.09. The average Bonchev–Trinajstić information content (AvgIpc) is 2.33. The minimum atomic E-state index is -4.33. The number of sulfonamides is 1. The highest BCUT2D eigenvalue weighted by atomic mass is 35.5. The summed E-state index contributed by atoms with van der Waals surface area (Å²) in [4.78, 5) is -0.658. The second kappa shape index (κ2) is 5.34. The molecule has 0 aliphatic carbocycles. The summed E-state index contributed by atoms with van der Waals surface area (Å²) in [6.07, 6.45) is 0. The minimum Gasteiger partial charge on any atom is -0.277 e. The van der Waals surface area contributed by atoms with Crippen molar-refractivity contribution < 1.29 is 21.6 Å². The SMILES string of the molecule is O=S(=O)(Nc1cccc(Cl)c1F)c1cc(F)cc(F)c1. The lowest BCUT2D eigenvalue weighted by Gasteiger charge is -2.09. The lowest BCUT2D eigenvalue weighted by atomic mass is 10.3. The van der Waals surface area contributed by atoms with Gasteiger partial charge in [-0.25, -0.2) is 21.6 Å². The molecule has 3 nitrogen and oxygen atoms in total. The number of halogens is 4. The molecule has 0 saturated carbocycles. The molecule has 1 N–H and O–H groups in total. The maximum Gasteiger partial charge on any atom is 0.262 e. The Bertz CT molecular complexity index is 745. The van der Waals surface area contributed by atoms with Crippen molar-refractivity contribution in [3.8, 4) is 0 Å². The van der Waals surface area contributed by atoms with Crippen molar-refractivity contribution in [1.82, 2.24) is 0 Å². The largest absolute Gasteiger partial charge is 0.277 e. The van der Waals surface area contributed by atoms with Crippen LogP contribution in [0.3, 0.4) is 0 Å². The molecule has 0 saturated heterocycles. The van der Waals surface area contributed by atoms with Crippen LogP contribution < -0.4 is 4.72 Å². The molecule has 0 fully saturated rings. The Balaban J connectivity index is 2.43. The Hall–Kier alpha value is -1.73. The monoisotopic (exact) mass is 321 g/mol. The van der Waals surface area contributed by atoms with Gasteiger partial charge < -0.3 is 0 Å². The minimum absolute atomic E-state index is 0.282. The summed E-state index contributed by atoms with van der Waals surface area (Å²) in [6, 6.07) is 5.46. The maximum atomic E-state index is 13.6. The first-order valence-electron chi connectivity index (χ1n) is 5.22. The van der Waals surface area contributed by atoms with E-state index in [4.69, 9.17) is 11.6 Å². The van der Waals surface area contributed by atoms with E-state index in [9.17, 15) is 21.6 Å². The fraction of sp³-hybridized carbons (Fsp3) is 0. The molecule has 0 amide bonds. The van der Waals surface area contributed by atoms with Crippen LogP contribution in [0.25, 0.3) is 0 Å². The lowest BCUT2D eigenvalue weighted by Crippen LogP contribution is -2.14. The number of benzene rings is 2. The molecular formula is C12H7ClF3NO2S. The van der Waals surface area contributed by atoms with Gasteiger partial charge in [-0.05, 0) is 24.3 Å². The molecule has 0 spiro atoms. The molecule has 0 aliphatic rings. The van der Waals surface area contributed by atoms with Gasteiger partial charge in [-0.2, -0.15) is 0 Å². The van der Waals surface area contributed by atoms with Gasteiger partial charge in [0.15, 0.2) is 5.82 Å². The summed E-state index contributed by atoms with van der Waals surface area (Å²) in [5, 5.41) is -0.282. The van der Waals surface area contributed by atoms with Crippen molar-refractivity contribution in [3.63, 3.8) is 0 Å². The fourth-order valence-corrected chi connectivity index (χ4v) is 2.75. The van der Waals surface area contributed by atoms with E-state index in [1.165, 1.54) is 12.1 Å². The topological polar surface area (TPSA) is 46.2 Å². The molecule has 106 valence electrons. The van der Waals surface area contributed by atoms with E-state index in [1.807, 2.05) is 4.72 Å². The van der Waals surface area contributed by atoms with Crippen molar-refractivity contribution in [2.45, 2.75) is 4.90 Å². The van der Waals surface area contributed by atoms with E-state index >= 15 is 0 Å². The lowest BCUT2D eigenvalue weighted by molar-refractivity contribution is 0.568. The predicted molar refractivity (Wildman–Crippen MR) is 68.6 cm³/mol. The maximum absolute atomic E-state index is 13.6. The summed E-state index contributed by atoms with van der Waals surface area (Å²) in [6.45, 7) is 0. The van der Waals surface area contributed by atoms with Crippen molar-refractivity contribution in [2.24, 2.45) is 0 Å². The zero-order chi connectivity index (χ0) is 14.9. The van der Waals surface area contributed by atoms with Crippen LogP contribution in [-0.4, -0.2) is 8.42 Å². The van der Waals surface area contributed by atoms with Gasteiger partial charge >= 0.3 is 0 Å². The smallest absolute Gasteiger partial charge is 0.262 e. The van der Waals surface area contributed by atoms with Crippen molar-refractivity contribution >= 4 is 27.3 Å². The average molecular weight is 322 g/mol. The predicted octanol–water partition coefficient (Wildman–Crippen LogP) is 3.56. The Morgan fingerprint density at radius 1 is 1.00 bits per heavy atom. The molecule has 8 heteroatoms. The molecule has 0 aliphatic heterocycles. The first-order chi connectivity index (χ1) is 9.29. The molecule has 0 unspecified atom stereocenters. The van der Waals surface area contributed by atoms with Gasteiger partial charge in [-0.15, -0.1) is 0 Å². The van der Waals surface area contributed by atoms with Crippen LogP contribution in [0.5, 0.6) is 0 Å². The number of anilines is 1. The second-order valence-electron chi connectivity index (χ2n) is 3.81. The highest BCUT2D eigenvalue weighted by Gasteiger charge is 2.19. The Morgan fingerprint density at radius 2 is 1.60 bits per heavy atom. The first-order valence-corrected chi connectivity index (χ1v) is 7.08. The third-order valence-electron chi connectivity index (χ3n) is 2.34. The van der Waals surface area contributed by atoms with Crippen LogP contribution in [0.2, 0.25) is 5.02 Å². The van der Waals surface area contributed by atoms with E-state index in [1.54, 1.807) is 0 Å². The Labute approximate surface area is 118 Å².